The molecule has 9 N–H and O–H groups in total. The van der Waals surface area contributed by atoms with Crippen molar-refractivity contribution in [2.45, 2.75) is 253 Å². The summed E-state index contributed by atoms with van der Waals surface area (Å²) < 4.78 is 6.01. The van der Waals surface area contributed by atoms with Crippen LogP contribution in [0.1, 0.15) is 205 Å². The molecule has 1 aliphatic rings. The fraction of sp³-hybridized carbons (Fsp3) is 0.815. The number of ether oxygens (including phenoxy) is 1. The monoisotopic (exact) mass is 1050 g/mol. The number of hydrogen-bond acceptors (Lipinski definition) is 11. The molecule has 8 unspecified atom stereocenters. The molecule has 7 amide bonds. The van der Waals surface area contributed by atoms with Crippen LogP contribution in [0.15, 0.2) is 0 Å². The molecule has 0 aromatic heterocycles. The Labute approximate surface area is 440 Å². The molecule has 0 aromatic carbocycles. The zero-order valence-electron chi connectivity index (χ0n) is 46.5. The van der Waals surface area contributed by atoms with Crippen molar-refractivity contribution in [2.24, 2.45) is 29.6 Å². The van der Waals surface area contributed by atoms with Gasteiger partial charge in [0.1, 0.15) is 48.4 Å². The Bertz CT molecular complexity index is 1810. The molecule has 424 valence electrons. The summed E-state index contributed by atoms with van der Waals surface area (Å²) in [6, 6.07) is -9.59. The largest absolute Gasteiger partial charge is 0.481 e. The maximum absolute atomic E-state index is 14.1. The Kier molecular flexibility index (Phi) is 32.3. The van der Waals surface area contributed by atoms with Crippen LogP contribution in [-0.2, 0) is 52.7 Å². The first-order valence-corrected chi connectivity index (χ1v) is 27.5. The van der Waals surface area contributed by atoms with E-state index >= 15 is 0 Å². The Balaban J connectivity index is 3.84. The van der Waals surface area contributed by atoms with Crippen molar-refractivity contribution in [3.8, 4) is 0 Å². The predicted molar refractivity (Wildman–Crippen MR) is 281 cm³/mol. The van der Waals surface area contributed by atoms with E-state index < -0.39 is 133 Å². The van der Waals surface area contributed by atoms with Crippen molar-refractivity contribution in [3.63, 3.8) is 0 Å². The molecule has 1 rings (SSSR count). The first kappa shape index (κ1) is 66.7. The maximum Gasteiger partial charge on any atom is 0.329 e. The average molecular weight is 1050 g/mol. The van der Waals surface area contributed by atoms with Gasteiger partial charge in [-0.1, -0.05) is 140 Å². The molecule has 0 aliphatic carbocycles. The second kappa shape index (κ2) is 35.8. The van der Waals surface area contributed by atoms with Crippen LogP contribution in [0.5, 0.6) is 0 Å². The van der Waals surface area contributed by atoms with Crippen molar-refractivity contribution >= 4 is 59.3 Å². The summed E-state index contributed by atoms with van der Waals surface area (Å²) in [6.45, 7) is 20.3. The molecule has 20 heteroatoms. The van der Waals surface area contributed by atoms with Crippen LogP contribution in [0.3, 0.4) is 0 Å². The molecule has 1 fully saturated rings. The van der Waals surface area contributed by atoms with Crippen LogP contribution in [0, 0.1) is 29.6 Å². The molecule has 0 aromatic rings. The highest BCUT2D eigenvalue weighted by Gasteiger charge is 2.37. The van der Waals surface area contributed by atoms with Gasteiger partial charge in [-0.2, -0.15) is 0 Å². The highest BCUT2D eigenvalue weighted by molar-refractivity contribution is 5.98. The molecule has 0 radical (unpaired) electrons. The summed E-state index contributed by atoms with van der Waals surface area (Å²) in [4.78, 5) is 136. The third-order valence-corrected chi connectivity index (χ3v) is 12.8. The summed E-state index contributed by atoms with van der Waals surface area (Å²) in [5.74, 6) is -9.86. The molecule has 74 heavy (non-hydrogen) atoms. The molecule has 1 saturated heterocycles. The maximum atomic E-state index is 14.1. The molecule has 1 aliphatic heterocycles. The lowest BCUT2D eigenvalue weighted by Gasteiger charge is -2.29. The van der Waals surface area contributed by atoms with E-state index in [9.17, 15) is 58.2 Å². The number of hydrogen-bond donors (Lipinski definition) is 9. The van der Waals surface area contributed by atoms with Gasteiger partial charge in [-0.3, -0.25) is 43.2 Å². The van der Waals surface area contributed by atoms with Gasteiger partial charge in [-0.15, -0.1) is 0 Å². The van der Waals surface area contributed by atoms with Crippen LogP contribution < -0.4 is 37.2 Å². The van der Waals surface area contributed by atoms with Gasteiger partial charge < -0.3 is 52.2 Å². The molecule has 8 atom stereocenters. The normalized spacial score (nSPS) is 23.8. The van der Waals surface area contributed by atoms with Crippen LogP contribution >= 0.6 is 0 Å². The van der Waals surface area contributed by atoms with E-state index in [-0.39, 0.29) is 56.3 Å². The Morgan fingerprint density at radius 2 is 0.865 bits per heavy atom. The number of carbonyl (C=O) groups excluding carboxylic acids is 8. The standard InChI is InChI=1S/C54H95N7O13/c1-12-22-38-48(67)57-40(27-33(4)5)50(69)58-41(28-34(6)7)51(70)60-43(31-46(65)66)52(71)59-42(29-35(8)9)53(72)61-47(36(10)11)54(73)74-37(24-21-19-17-15-13-14-16-18-20-23-32(2)3)30-44(62)55-39(49(68)56-38)25-26-45(63)64/h32-43,47H,12-31H2,1-11H3,(H,55,62)(H,56,68)(H,57,67)(H,58,69)(H,59,71)(H,60,70)(H,61,72)(H,63,64)(H,65,66). The fourth-order valence-corrected chi connectivity index (χ4v) is 8.76. The quantitative estimate of drug-likeness (QED) is 0.0378. The van der Waals surface area contributed by atoms with E-state index in [0.717, 1.165) is 32.1 Å². The number of cyclic esters (lactones) is 1. The number of carboxylic acids is 2. The minimum atomic E-state index is -1.72. The summed E-state index contributed by atoms with van der Waals surface area (Å²) in [5, 5.41) is 37.9. The number of amides is 7. The van der Waals surface area contributed by atoms with Crippen LogP contribution in [0.4, 0.5) is 0 Å². The van der Waals surface area contributed by atoms with E-state index in [1.54, 1.807) is 48.5 Å². The van der Waals surface area contributed by atoms with Gasteiger partial charge >= 0.3 is 17.9 Å². The molecule has 0 spiro atoms. The van der Waals surface area contributed by atoms with Gasteiger partial charge in [0, 0.05) is 6.42 Å². The minimum Gasteiger partial charge on any atom is -0.481 e. The van der Waals surface area contributed by atoms with Gasteiger partial charge in [0.25, 0.3) is 0 Å². The number of nitrogens with one attached hydrogen (secondary N) is 7. The predicted octanol–water partition coefficient (Wildman–Crippen LogP) is 5.58. The van der Waals surface area contributed by atoms with Gasteiger partial charge in [0.15, 0.2) is 0 Å². The summed E-state index contributed by atoms with van der Waals surface area (Å²) in [5.41, 5.74) is 0. The molecule has 1 heterocycles. The van der Waals surface area contributed by atoms with Gasteiger partial charge in [0.2, 0.25) is 41.4 Å². The van der Waals surface area contributed by atoms with Gasteiger partial charge in [-0.25, -0.2) is 4.79 Å². The zero-order valence-corrected chi connectivity index (χ0v) is 46.5. The third kappa shape index (κ3) is 28.4. The molecule has 0 bridgehead atoms. The Morgan fingerprint density at radius 1 is 0.473 bits per heavy atom. The van der Waals surface area contributed by atoms with Gasteiger partial charge in [-0.05, 0) is 74.5 Å². The number of aliphatic carboxylic acids is 2. The van der Waals surface area contributed by atoms with Crippen molar-refractivity contribution in [3.05, 3.63) is 0 Å². The topological polar surface area (TPSA) is 305 Å². The van der Waals surface area contributed by atoms with Crippen molar-refractivity contribution in [2.75, 3.05) is 0 Å². The lowest BCUT2D eigenvalue weighted by atomic mass is 9.98. The number of carboxylic acid groups (broad SMARTS) is 2. The number of unbranched alkanes of at least 4 members (excludes halogenated alkanes) is 8. The summed E-state index contributed by atoms with van der Waals surface area (Å²) in [7, 11) is 0. The zero-order chi connectivity index (χ0) is 56.1. The Hall–Kier alpha value is -5.30. The van der Waals surface area contributed by atoms with E-state index in [1.165, 1.54) is 25.7 Å². The highest BCUT2D eigenvalue weighted by Crippen LogP contribution is 2.19. The highest BCUT2D eigenvalue weighted by atomic mass is 16.5. The van der Waals surface area contributed by atoms with E-state index in [1.807, 2.05) is 13.8 Å². The number of carbonyl (C=O) groups is 10. The average Bonchev–Trinajstić information content (AvgIpc) is 3.28. The van der Waals surface area contributed by atoms with Crippen LogP contribution in [0.25, 0.3) is 0 Å². The van der Waals surface area contributed by atoms with Crippen LogP contribution in [0.2, 0.25) is 0 Å². The lowest BCUT2D eigenvalue weighted by Crippen LogP contribution is -2.60. The smallest absolute Gasteiger partial charge is 0.329 e. The van der Waals surface area contributed by atoms with Crippen molar-refractivity contribution in [1.82, 2.24) is 37.2 Å². The number of rotatable bonds is 26. The van der Waals surface area contributed by atoms with E-state index in [0.29, 0.717) is 18.8 Å². The molecular weight excluding hydrogens is 955 g/mol. The van der Waals surface area contributed by atoms with E-state index in [4.69, 9.17) is 4.74 Å². The molecular formula is C54H95N7O13. The third-order valence-electron chi connectivity index (χ3n) is 12.8. The fourth-order valence-electron chi connectivity index (χ4n) is 8.76. The minimum absolute atomic E-state index is 0.0318. The molecule has 0 saturated carbocycles. The SMILES string of the molecule is CCCC1NC(=O)C(CCC(=O)O)NC(=O)CC(CCCCCCCCCCCC(C)C)OC(=O)C(C(C)C)NC(=O)C(CC(C)C)NC(=O)C(CC(=O)O)NC(=O)C(CC(C)C)NC(=O)C(CC(C)C)NC1=O. The number of esters is 1. The van der Waals surface area contributed by atoms with Crippen LogP contribution in [-0.4, -0.2) is 118 Å². The first-order valence-electron chi connectivity index (χ1n) is 27.5. The summed E-state index contributed by atoms with van der Waals surface area (Å²) >= 11 is 0. The Morgan fingerprint density at radius 3 is 1.28 bits per heavy atom. The lowest BCUT2D eigenvalue weighted by molar-refractivity contribution is -0.156. The summed E-state index contributed by atoms with van der Waals surface area (Å²) in [6.07, 6.45) is 7.93. The van der Waals surface area contributed by atoms with Crippen molar-refractivity contribution < 1.29 is 62.9 Å². The first-order chi connectivity index (χ1) is 34.7. The molecule has 20 nitrogen and oxygen atoms in total. The second-order valence-electron chi connectivity index (χ2n) is 22.3. The van der Waals surface area contributed by atoms with E-state index in [2.05, 4.69) is 51.1 Å². The van der Waals surface area contributed by atoms with Crippen molar-refractivity contribution in [1.29, 1.82) is 0 Å². The van der Waals surface area contributed by atoms with Gasteiger partial charge in [0.05, 0.1) is 12.8 Å². The second-order valence-corrected chi connectivity index (χ2v) is 22.3.